The van der Waals surface area contributed by atoms with Crippen molar-refractivity contribution in [3.63, 3.8) is 0 Å². The molecule has 0 radical (unpaired) electrons. The van der Waals surface area contributed by atoms with Crippen molar-refractivity contribution in [3.8, 4) is 0 Å². The molecule has 2 aromatic heterocycles. The highest BCUT2D eigenvalue weighted by molar-refractivity contribution is 6.46. The van der Waals surface area contributed by atoms with Crippen molar-refractivity contribution in [3.05, 3.63) is 58.9 Å². The monoisotopic (exact) mass is 423 g/mol. The summed E-state index contributed by atoms with van der Waals surface area (Å²) in [6.45, 7) is 7.33. The maximum Gasteiger partial charge on any atom is 0.295 e. The first kappa shape index (κ1) is 21.1. The quantitative estimate of drug-likeness (QED) is 0.435. The van der Waals surface area contributed by atoms with Crippen LogP contribution in [0.15, 0.2) is 36.3 Å². The van der Waals surface area contributed by atoms with Gasteiger partial charge in [-0.1, -0.05) is 0 Å². The summed E-state index contributed by atoms with van der Waals surface area (Å²) in [5.41, 5.74) is 1.64. The Hall–Kier alpha value is -3.17. The van der Waals surface area contributed by atoms with Gasteiger partial charge in [-0.2, -0.15) is 0 Å². The molecular weight excluding hydrogens is 398 g/mol. The molecule has 0 saturated carbocycles. The number of hydrogen-bond acceptors (Lipinski definition) is 8. The third kappa shape index (κ3) is 4.19. The molecule has 0 spiro atoms. The van der Waals surface area contributed by atoms with E-state index in [1.165, 1.54) is 11.1 Å². The van der Waals surface area contributed by atoms with Gasteiger partial charge >= 0.3 is 0 Å². The molecule has 2 saturated heterocycles. The van der Waals surface area contributed by atoms with E-state index in [0.717, 1.165) is 13.1 Å². The van der Waals surface area contributed by atoms with Gasteiger partial charge in [-0.25, -0.2) is 9.97 Å². The number of pyridine rings is 1. The van der Waals surface area contributed by atoms with Crippen molar-refractivity contribution in [2.75, 3.05) is 39.4 Å². The second kappa shape index (κ2) is 8.91. The number of carbonyl (C=O) groups excluding carboxylic acids is 2. The van der Waals surface area contributed by atoms with Crippen LogP contribution in [0, 0.1) is 13.8 Å². The fourth-order valence-corrected chi connectivity index (χ4v) is 4.04. The number of hydrogen-bond donors (Lipinski definition) is 1. The van der Waals surface area contributed by atoms with E-state index in [2.05, 4.69) is 19.9 Å². The van der Waals surface area contributed by atoms with Crippen molar-refractivity contribution in [1.82, 2.24) is 24.8 Å². The Balaban J connectivity index is 1.74. The van der Waals surface area contributed by atoms with E-state index in [0.29, 0.717) is 48.9 Å². The number of ketones is 1. The number of rotatable bonds is 5. The minimum Gasteiger partial charge on any atom is -0.507 e. The molecular formula is C22H25N5O4. The molecule has 4 heterocycles. The summed E-state index contributed by atoms with van der Waals surface area (Å²) in [6.07, 6.45) is 4.70. The maximum absolute atomic E-state index is 13.0. The molecule has 0 aromatic carbocycles. The van der Waals surface area contributed by atoms with E-state index in [1.807, 2.05) is 0 Å². The molecule has 2 aliphatic heterocycles. The molecule has 2 fully saturated rings. The van der Waals surface area contributed by atoms with Crippen LogP contribution in [0.2, 0.25) is 0 Å². The van der Waals surface area contributed by atoms with Gasteiger partial charge in [-0.05, 0) is 31.5 Å². The van der Waals surface area contributed by atoms with Crippen molar-refractivity contribution in [2.24, 2.45) is 0 Å². The van der Waals surface area contributed by atoms with E-state index in [4.69, 9.17) is 4.74 Å². The zero-order valence-corrected chi connectivity index (χ0v) is 17.6. The van der Waals surface area contributed by atoms with E-state index in [1.54, 1.807) is 38.4 Å². The normalized spacial score (nSPS) is 21.6. The number of aromatic nitrogens is 3. The number of aryl methyl sites for hydroxylation is 2. The minimum atomic E-state index is -0.707. The Bertz CT molecular complexity index is 1020. The van der Waals surface area contributed by atoms with Crippen molar-refractivity contribution in [2.45, 2.75) is 19.9 Å². The molecule has 1 atom stereocenters. The number of nitrogens with zero attached hydrogens (tertiary/aromatic N) is 5. The van der Waals surface area contributed by atoms with Crippen LogP contribution in [0.5, 0.6) is 0 Å². The molecule has 1 amide bonds. The summed E-state index contributed by atoms with van der Waals surface area (Å²) in [6, 6.07) is 2.80. The lowest BCUT2D eigenvalue weighted by atomic mass is 9.96. The Kier molecular flexibility index (Phi) is 6.06. The van der Waals surface area contributed by atoms with Gasteiger partial charge in [0.15, 0.2) is 0 Å². The number of likely N-dealkylation sites (tertiary alicyclic amines) is 1. The number of aliphatic hydroxyl groups is 1. The van der Waals surface area contributed by atoms with E-state index in [-0.39, 0.29) is 11.3 Å². The van der Waals surface area contributed by atoms with E-state index < -0.39 is 17.7 Å². The second-order valence-electron chi connectivity index (χ2n) is 7.64. The third-order valence-corrected chi connectivity index (χ3v) is 5.68. The van der Waals surface area contributed by atoms with Crippen LogP contribution < -0.4 is 0 Å². The van der Waals surface area contributed by atoms with Crippen LogP contribution in [0.4, 0.5) is 0 Å². The maximum atomic E-state index is 13.0. The molecule has 2 aliphatic rings. The standard InChI is InChI=1S/C22H25N5O4/c1-14-17(13-24-15(2)25-14)20(28)18-19(16-3-5-23-6-4-16)27(22(30)21(18)29)8-7-26-9-11-31-12-10-26/h3-6,13,19,28H,7-12H2,1-2H3/b20-18+. The second-order valence-corrected chi connectivity index (χ2v) is 7.64. The highest BCUT2D eigenvalue weighted by atomic mass is 16.5. The zero-order chi connectivity index (χ0) is 22.0. The van der Waals surface area contributed by atoms with Gasteiger partial charge in [0.1, 0.15) is 11.6 Å². The summed E-state index contributed by atoms with van der Waals surface area (Å²) >= 11 is 0. The lowest BCUT2D eigenvalue weighted by Gasteiger charge is -2.31. The highest BCUT2D eigenvalue weighted by Crippen LogP contribution is 2.39. The van der Waals surface area contributed by atoms with Crippen LogP contribution in [0.25, 0.3) is 5.76 Å². The molecule has 9 nitrogen and oxygen atoms in total. The first-order chi connectivity index (χ1) is 15.0. The lowest BCUT2D eigenvalue weighted by molar-refractivity contribution is -0.140. The minimum absolute atomic E-state index is 0.0498. The van der Waals surface area contributed by atoms with Gasteiger partial charge < -0.3 is 14.7 Å². The predicted molar refractivity (Wildman–Crippen MR) is 112 cm³/mol. The average Bonchev–Trinajstić information content (AvgIpc) is 3.03. The third-order valence-electron chi connectivity index (χ3n) is 5.68. The fourth-order valence-electron chi connectivity index (χ4n) is 4.04. The van der Waals surface area contributed by atoms with Gasteiger partial charge in [-0.15, -0.1) is 0 Å². The highest BCUT2D eigenvalue weighted by Gasteiger charge is 2.46. The fraction of sp³-hybridized carbons (Fsp3) is 0.409. The first-order valence-electron chi connectivity index (χ1n) is 10.3. The van der Waals surface area contributed by atoms with Crippen molar-refractivity contribution >= 4 is 17.4 Å². The Morgan fingerprint density at radius 3 is 2.55 bits per heavy atom. The van der Waals surface area contributed by atoms with Gasteiger partial charge in [0.05, 0.1) is 36.1 Å². The molecule has 0 bridgehead atoms. The van der Waals surface area contributed by atoms with Gasteiger partial charge in [0.25, 0.3) is 11.7 Å². The van der Waals surface area contributed by atoms with E-state index >= 15 is 0 Å². The van der Waals surface area contributed by atoms with Gasteiger partial charge in [0.2, 0.25) is 0 Å². The molecule has 162 valence electrons. The Labute approximate surface area is 180 Å². The molecule has 1 N–H and O–H groups in total. The van der Waals surface area contributed by atoms with Gasteiger partial charge in [-0.3, -0.25) is 19.5 Å². The largest absolute Gasteiger partial charge is 0.507 e. The van der Waals surface area contributed by atoms with Crippen LogP contribution in [0.1, 0.15) is 28.7 Å². The van der Waals surface area contributed by atoms with Gasteiger partial charge in [0, 0.05) is 44.8 Å². The van der Waals surface area contributed by atoms with Crippen molar-refractivity contribution < 1.29 is 19.4 Å². The molecule has 9 heteroatoms. The molecule has 2 aromatic rings. The summed E-state index contributed by atoms with van der Waals surface area (Å²) in [4.78, 5) is 42.2. The number of morpholine rings is 1. The first-order valence-corrected chi connectivity index (χ1v) is 10.3. The molecule has 1 unspecified atom stereocenters. The SMILES string of the molecule is Cc1ncc(/C(O)=C2\C(=O)C(=O)N(CCN3CCOCC3)C2c2ccncc2)c(C)n1. The van der Waals surface area contributed by atoms with Crippen LogP contribution in [-0.2, 0) is 14.3 Å². The summed E-state index contributed by atoms with van der Waals surface area (Å²) < 4.78 is 5.38. The number of carbonyl (C=O) groups is 2. The zero-order valence-electron chi connectivity index (χ0n) is 17.6. The summed E-state index contributed by atoms with van der Waals surface area (Å²) in [7, 11) is 0. The van der Waals surface area contributed by atoms with Crippen molar-refractivity contribution in [1.29, 1.82) is 0 Å². The number of aliphatic hydroxyl groups excluding tert-OH is 1. The van der Waals surface area contributed by atoms with E-state index in [9.17, 15) is 14.7 Å². The molecule has 0 aliphatic carbocycles. The number of Topliss-reactive ketones (excluding diaryl/α,β-unsaturated/α-hetero) is 1. The molecule has 4 rings (SSSR count). The lowest BCUT2D eigenvalue weighted by Crippen LogP contribution is -2.42. The smallest absolute Gasteiger partial charge is 0.295 e. The summed E-state index contributed by atoms with van der Waals surface area (Å²) in [5.74, 6) is -1.03. The van der Waals surface area contributed by atoms with Crippen LogP contribution >= 0.6 is 0 Å². The number of amides is 1. The predicted octanol–water partition coefficient (Wildman–Crippen LogP) is 1.24. The Morgan fingerprint density at radius 1 is 1.16 bits per heavy atom. The van der Waals surface area contributed by atoms with Crippen LogP contribution in [0.3, 0.4) is 0 Å². The molecule has 31 heavy (non-hydrogen) atoms. The topological polar surface area (TPSA) is 109 Å². The average molecular weight is 423 g/mol. The Morgan fingerprint density at radius 2 is 1.87 bits per heavy atom. The van der Waals surface area contributed by atoms with Crippen LogP contribution in [-0.4, -0.2) is 80.9 Å². The number of ether oxygens (including phenoxy) is 1. The summed E-state index contributed by atoms with van der Waals surface area (Å²) in [5, 5.41) is 11.1.